The minimum absolute atomic E-state index is 0.0564. The number of carbonyl (C=O) groups is 3. The number of anilines is 1. The predicted octanol–water partition coefficient (Wildman–Crippen LogP) is 4.98. The van der Waals surface area contributed by atoms with Crippen LogP contribution < -0.4 is 9.64 Å². The highest BCUT2D eigenvalue weighted by atomic mass is 16.6. The molecule has 1 heterocycles. The van der Waals surface area contributed by atoms with Crippen LogP contribution in [0, 0.1) is 17.0 Å². The van der Waals surface area contributed by atoms with Crippen molar-refractivity contribution < 1.29 is 24.0 Å². The largest absolute Gasteiger partial charge is 0.494 e. The molecule has 0 N–H and O–H groups in total. The lowest BCUT2D eigenvalue weighted by atomic mass is 10.1. The fourth-order valence-electron chi connectivity index (χ4n) is 3.83. The average Bonchev–Trinajstić information content (AvgIpc) is 3.12. The third-order valence-corrected chi connectivity index (χ3v) is 5.91. The number of imide groups is 1. The van der Waals surface area contributed by atoms with Crippen LogP contribution in [0.3, 0.4) is 0 Å². The lowest BCUT2D eigenvalue weighted by Crippen LogP contribution is -2.44. The molecule has 0 bridgehead atoms. The number of benzene rings is 3. The van der Waals surface area contributed by atoms with Gasteiger partial charge in [-0.1, -0.05) is 31.0 Å². The Kier molecular flexibility index (Phi) is 7.10. The smallest absolute Gasteiger partial charge is 0.270 e. The Morgan fingerprint density at radius 3 is 2.28 bits per heavy atom. The topological polar surface area (TPSA) is 110 Å². The van der Waals surface area contributed by atoms with Gasteiger partial charge < -0.3 is 4.74 Å². The van der Waals surface area contributed by atoms with Gasteiger partial charge in [-0.3, -0.25) is 34.3 Å². The maximum Gasteiger partial charge on any atom is 0.270 e. The highest BCUT2D eigenvalue weighted by molar-refractivity contribution is 6.22. The monoisotopic (exact) mass is 487 g/mol. The number of nitro benzene ring substituents is 1. The first-order valence-electron chi connectivity index (χ1n) is 11.6. The fraction of sp³-hybridized carbons (Fsp3) is 0.222. The third kappa shape index (κ3) is 4.95. The Hall–Kier alpha value is -4.53. The van der Waals surface area contributed by atoms with E-state index in [2.05, 4.69) is 6.92 Å². The molecule has 1 aliphatic rings. The van der Waals surface area contributed by atoms with Crippen molar-refractivity contribution >= 4 is 29.1 Å². The van der Waals surface area contributed by atoms with Crippen molar-refractivity contribution in [2.24, 2.45) is 0 Å². The number of nitro groups is 1. The SMILES string of the molecule is CCCCOc1ccc(C(=O)N(CN2C(=O)c3ccc([N+](=O)[O-])cc3C2=O)c2ccc(C)cc2)cc1. The van der Waals surface area contributed by atoms with E-state index in [0.29, 0.717) is 23.6 Å². The first kappa shape index (κ1) is 24.6. The van der Waals surface area contributed by atoms with Gasteiger partial charge in [0.1, 0.15) is 12.4 Å². The van der Waals surface area contributed by atoms with E-state index in [9.17, 15) is 24.5 Å². The predicted molar refractivity (Wildman–Crippen MR) is 133 cm³/mol. The number of unbranched alkanes of at least 4 members (excludes halogenated alkanes) is 1. The lowest BCUT2D eigenvalue weighted by molar-refractivity contribution is -0.384. The number of amides is 3. The zero-order valence-electron chi connectivity index (χ0n) is 20.0. The Morgan fingerprint density at radius 2 is 1.64 bits per heavy atom. The molecule has 0 aliphatic carbocycles. The van der Waals surface area contributed by atoms with Crippen LogP contribution in [-0.4, -0.2) is 40.8 Å². The molecule has 36 heavy (non-hydrogen) atoms. The Labute approximate surface area is 208 Å². The zero-order valence-corrected chi connectivity index (χ0v) is 20.0. The molecule has 3 amide bonds. The zero-order chi connectivity index (χ0) is 25.8. The molecule has 0 atom stereocenters. The lowest BCUT2D eigenvalue weighted by Gasteiger charge is -2.27. The van der Waals surface area contributed by atoms with E-state index < -0.39 is 22.6 Å². The first-order valence-corrected chi connectivity index (χ1v) is 11.6. The second-order valence-corrected chi connectivity index (χ2v) is 8.46. The molecule has 9 heteroatoms. The van der Waals surface area contributed by atoms with Gasteiger partial charge in [-0.25, -0.2) is 0 Å². The summed E-state index contributed by atoms with van der Waals surface area (Å²) < 4.78 is 5.67. The number of ether oxygens (including phenoxy) is 1. The average molecular weight is 488 g/mol. The summed E-state index contributed by atoms with van der Waals surface area (Å²) in [6.45, 7) is 4.21. The minimum Gasteiger partial charge on any atom is -0.494 e. The highest BCUT2D eigenvalue weighted by Crippen LogP contribution is 2.29. The number of hydrogen-bond donors (Lipinski definition) is 0. The van der Waals surface area contributed by atoms with Crippen LogP contribution in [0.5, 0.6) is 5.75 Å². The molecule has 4 rings (SSSR count). The van der Waals surface area contributed by atoms with Gasteiger partial charge >= 0.3 is 0 Å². The van der Waals surface area contributed by atoms with E-state index in [-0.39, 0.29) is 23.5 Å². The molecule has 0 saturated heterocycles. The normalized spacial score (nSPS) is 12.4. The first-order chi connectivity index (χ1) is 17.3. The molecule has 1 aliphatic heterocycles. The molecular formula is C27H25N3O6. The molecule has 0 saturated carbocycles. The molecule has 0 fully saturated rings. The second-order valence-electron chi connectivity index (χ2n) is 8.46. The molecule has 0 unspecified atom stereocenters. The van der Waals surface area contributed by atoms with Crippen molar-refractivity contribution in [2.75, 3.05) is 18.2 Å². The maximum atomic E-state index is 13.6. The number of fused-ring (bicyclic) bond motifs is 1. The third-order valence-electron chi connectivity index (χ3n) is 5.91. The van der Waals surface area contributed by atoms with E-state index in [1.807, 2.05) is 19.1 Å². The molecule has 0 radical (unpaired) electrons. The fourth-order valence-corrected chi connectivity index (χ4v) is 3.83. The second kappa shape index (κ2) is 10.4. The van der Waals surface area contributed by atoms with E-state index in [1.165, 1.54) is 17.0 Å². The van der Waals surface area contributed by atoms with Crippen LogP contribution in [0.2, 0.25) is 0 Å². The van der Waals surface area contributed by atoms with Crippen molar-refractivity contribution in [2.45, 2.75) is 26.7 Å². The van der Waals surface area contributed by atoms with Crippen molar-refractivity contribution in [1.82, 2.24) is 4.90 Å². The van der Waals surface area contributed by atoms with Crippen LogP contribution in [0.4, 0.5) is 11.4 Å². The summed E-state index contributed by atoms with van der Waals surface area (Å²) in [5, 5.41) is 11.1. The van der Waals surface area contributed by atoms with Crippen molar-refractivity contribution in [1.29, 1.82) is 0 Å². The quantitative estimate of drug-likeness (QED) is 0.182. The van der Waals surface area contributed by atoms with E-state index in [0.717, 1.165) is 29.4 Å². The summed E-state index contributed by atoms with van der Waals surface area (Å²) in [4.78, 5) is 52.4. The Bertz CT molecular complexity index is 1320. The Balaban J connectivity index is 1.63. The van der Waals surface area contributed by atoms with Crippen LogP contribution >= 0.6 is 0 Å². The minimum atomic E-state index is -0.691. The highest BCUT2D eigenvalue weighted by Gasteiger charge is 2.38. The Morgan fingerprint density at radius 1 is 0.972 bits per heavy atom. The van der Waals surface area contributed by atoms with Gasteiger partial charge in [0.2, 0.25) is 0 Å². The van der Waals surface area contributed by atoms with E-state index in [1.54, 1.807) is 36.4 Å². The van der Waals surface area contributed by atoms with E-state index in [4.69, 9.17) is 4.74 Å². The number of nitrogens with zero attached hydrogens (tertiary/aromatic N) is 3. The number of non-ortho nitro benzene ring substituents is 1. The van der Waals surface area contributed by atoms with Gasteiger partial charge in [0, 0.05) is 23.4 Å². The van der Waals surface area contributed by atoms with Crippen molar-refractivity contribution in [3.63, 3.8) is 0 Å². The van der Waals surface area contributed by atoms with Gasteiger partial charge in [-0.15, -0.1) is 0 Å². The van der Waals surface area contributed by atoms with Crippen LogP contribution in [-0.2, 0) is 0 Å². The van der Waals surface area contributed by atoms with Crippen LogP contribution in [0.25, 0.3) is 0 Å². The van der Waals surface area contributed by atoms with Gasteiger partial charge in [0.15, 0.2) is 0 Å². The summed E-state index contributed by atoms with van der Waals surface area (Å²) in [5.74, 6) is -1.08. The summed E-state index contributed by atoms with van der Waals surface area (Å²) in [7, 11) is 0. The van der Waals surface area contributed by atoms with Crippen LogP contribution in [0.15, 0.2) is 66.7 Å². The number of aryl methyl sites for hydroxylation is 1. The maximum absolute atomic E-state index is 13.6. The number of rotatable bonds is 9. The van der Waals surface area contributed by atoms with Crippen molar-refractivity contribution in [3.05, 3.63) is 99.1 Å². The summed E-state index contributed by atoms with van der Waals surface area (Å²) in [5.41, 5.74) is 1.55. The molecule has 3 aromatic rings. The summed E-state index contributed by atoms with van der Waals surface area (Å²) in [6.07, 6.45) is 1.93. The van der Waals surface area contributed by atoms with Crippen molar-refractivity contribution in [3.8, 4) is 5.75 Å². The molecule has 184 valence electrons. The molecule has 9 nitrogen and oxygen atoms in total. The van der Waals surface area contributed by atoms with Gasteiger partial charge in [-0.2, -0.15) is 0 Å². The number of hydrogen-bond acceptors (Lipinski definition) is 6. The van der Waals surface area contributed by atoms with Gasteiger partial charge in [0.25, 0.3) is 23.4 Å². The molecule has 0 spiro atoms. The van der Waals surface area contributed by atoms with Gasteiger partial charge in [-0.05, 0) is 55.8 Å². The van der Waals surface area contributed by atoms with E-state index >= 15 is 0 Å². The standard InChI is InChI=1S/C27H25N3O6/c1-3-4-15-36-22-12-7-19(8-13-22)25(31)28(20-9-5-18(2)6-10-20)17-29-26(32)23-14-11-21(30(34)35)16-24(23)27(29)33/h5-14,16H,3-4,15,17H2,1-2H3. The number of carbonyl (C=O) groups excluding carboxylic acids is 3. The summed E-state index contributed by atoms with van der Waals surface area (Å²) >= 11 is 0. The molecular weight excluding hydrogens is 462 g/mol. The van der Waals surface area contributed by atoms with Crippen LogP contribution in [0.1, 0.15) is 56.4 Å². The van der Waals surface area contributed by atoms with Gasteiger partial charge in [0.05, 0.1) is 22.7 Å². The summed E-state index contributed by atoms with van der Waals surface area (Å²) in [6, 6.07) is 17.3. The molecule has 3 aromatic carbocycles. The molecule has 0 aromatic heterocycles.